The zero-order valence-electron chi connectivity index (χ0n) is 12.8. The predicted molar refractivity (Wildman–Crippen MR) is 103 cm³/mol. The normalized spacial score (nSPS) is 10.6. The van der Waals surface area contributed by atoms with Gasteiger partial charge in [0.2, 0.25) is 5.91 Å². The highest BCUT2D eigenvalue weighted by molar-refractivity contribution is 7.99. The van der Waals surface area contributed by atoms with Crippen LogP contribution < -0.4 is 16.8 Å². The van der Waals surface area contributed by atoms with Gasteiger partial charge in [-0.3, -0.25) is 4.79 Å². The zero-order valence-corrected chi connectivity index (χ0v) is 15.2. The fraction of sp³-hybridized carbons (Fsp3) is 0.0667. The van der Waals surface area contributed by atoms with Crippen LogP contribution >= 0.6 is 34.7 Å². The zero-order chi connectivity index (χ0) is 17.8. The van der Waals surface area contributed by atoms with Crippen LogP contribution in [0.4, 0.5) is 16.8 Å². The van der Waals surface area contributed by atoms with Gasteiger partial charge in [0.05, 0.1) is 11.4 Å². The van der Waals surface area contributed by atoms with E-state index in [9.17, 15) is 4.79 Å². The second kappa shape index (κ2) is 7.68. The highest BCUT2D eigenvalue weighted by Crippen LogP contribution is 2.26. The van der Waals surface area contributed by atoms with Gasteiger partial charge in [0.15, 0.2) is 10.3 Å². The molecule has 3 aromatic rings. The SMILES string of the molecule is Nc1cc(N)nc(SCC(=O)Nc2nc(-c3ccc(Cl)cc3)cs2)n1. The summed E-state index contributed by atoms with van der Waals surface area (Å²) in [5.74, 6) is 0.441. The van der Waals surface area contributed by atoms with Gasteiger partial charge in [-0.05, 0) is 12.1 Å². The molecule has 2 aromatic heterocycles. The van der Waals surface area contributed by atoms with Gasteiger partial charge in [0.1, 0.15) is 11.6 Å². The number of carbonyl (C=O) groups is 1. The molecule has 5 N–H and O–H groups in total. The molecule has 3 rings (SSSR count). The first-order valence-corrected chi connectivity index (χ1v) is 9.28. The lowest BCUT2D eigenvalue weighted by Gasteiger charge is -2.03. The quantitative estimate of drug-likeness (QED) is 0.450. The molecule has 0 saturated carbocycles. The van der Waals surface area contributed by atoms with Crippen molar-refractivity contribution in [1.29, 1.82) is 0 Å². The number of hydrogen-bond acceptors (Lipinski definition) is 8. The number of thiazole rings is 1. The monoisotopic (exact) mass is 392 g/mol. The molecule has 0 saturated heterocycles. The van der Waals surface area contributed by atoms with Crippen molar-refractivity contribution in [3.63, 3.8) is 0 Å². The van der Waals surface area contributed by atoms with E-state index < -0.39 is 0 Å². The fourth-order valence-corrected chi connectivity index (χ4v) is 3.43. The number of halogens is 1. The Bertz CT molecular complexity index is 879. The molecular formula is C15H13ClN6OS2. The van der Waals surface area contributed by atoms with E-state index in [1.54, 1.807) is 12.1 Å². The molecule has 0 aliphatic heterocycles. The highest BCUT2D eigenvalue weighted by Gasteiger charge is 2.10. The van der Waals surface area contributed by atoms with E-state index >= 15 is 0 Å². The number of nitrogens with two attached hydrogens (primary N) is 2. The molecule has 0 aliphatic carbocycles. The molecule has 0 radical (unpaired) electrons. The van der Waals surface area contributed by atoms with Crippen molar-refractivity contribution in [3.8, 4) is 11.3 Å². The number of hydrogen-bond donors (Lipinski definition) is 3. The Morgan fingerprint density at radius 2 is 1.84 bits per heavy atom. The van der Waals surface area contributed by atoms with Gasteiger partial charge in [0.25, 0.3) is 0 Å². The summed E-state index contributed by atoms with van der Waals surface area (Å²) >= 11 is 8.37. The summed E-state index contributed by atoms with van der Waals surface area (Å²) in [5.41, 5.74) is 12.9. The summed E-state index contributed by atoms with van der Waals surface area (Å²) in [6.45, 7) is 0. The summed E-state index contributed by atoms with van der Waals surface area (Å²) < 4.78 is 0. The third-order valence-electron chi connectivity index (χ3n) is 2.97. The number of rotatable bonds is 5. The van der Waals surface area contributed by atoms with Gasteiger partial charge < -0.3 is 16.8 Å². The summed E-state index contributed by atoms with van der Waals surface area (Å²) in [5, 5.41) is 6.15. The lowest BCUT2D eigenvalue weighted by Crippen LogP contribution is -2.14. The third kappa shape index (κ3) is 4.81. The number of amides is 1. The number of nitrogens with one attached hydrogen (secondary N) is 1. The van der Waals surface area contributed by atoms with Crippen LogP contribution in [0.15, 0.2) is 40.9 Å². The molecule has 0 unspecified atom stereocenters. The first-order chi connectivity index (χ1) is 12.0. The number of benzene rings is 1. The van der Waals surface area contributed by atoms with Gasteiger partial charge in [-0.2, -0.15) is 0 Å². The first kappa shape index (κ1) is 17.5. The van der Waals surface area contributed by atoms with E-state index in [2.05, 4.69) is 20.3 Å². The van der Waals surface area contributed by atoms with Crippen LogP contribution in [0.1, 0.15) is 0 Å². The third-order valence-corrected chi connectivity index (χ3v) is 4.83. The topological polar surface area (TPSA) is 120 Å². The molecule has 0 spiro atoms. The summed E-state index contributed by atoms with van der Waals surface area (Å²) in [6, 6.07) is 8.80. The molecule has 25 heavy (non-hydrogen) atoms. The number of nitrogens with zero attached hydrogens (tertiary/aromatic N) is 3. The minimum absolute atomic E-state index is 0.124. The van der Waals surface area contributed by atoms with E-state index in [1.807, 2.05) is 17.5 Å². The lowest BCUT2D eigenvalue weighted by molar-refractivity contribution is -0.113. The van der Waals surface area contributed by atoms with Gasteiger partial charge in [-0.15, -0.1) is 11.3 Å². The van der Waals surface area contributed by atoms with Crippen molar-refractivity contribution in [2.75, 3.05) is 22.5 Å². The minimum Gasteiger partial charge on any atom is -0.383 e. The van der Waals surface area contributed by atoms with Crippen LogP contribution in [0.25, 0.3) is 11.3 Å². The van der Waals surface area contributed by atoms with Crippen LogP contribution in [-0.4, -0.2) is 26.6 Å². The Labute approximate surface area is 156 Å². The molecule has 7 nitrogen and oxygen atoms in total. The Balaban J connectivity index is 1.59. The van der Waals surface area contributed by atoms with Crippen molar-refractivity contribution >= 4 is 57.4 Å². The average molecular weight is 393 g/mol. The average Bonchev–Trinajstić information content (AvgIpc) is 3.01. The van der Waals surface area contributed by atoms with E-state index in [0.29, 0.717) is 15.3 Å². The Morgan fingerprint density at radius 1 is 1.16 bits per heavy atom. The van der Waals surface area contributed by atoms with Gasteiger partial charge >= 0.3 is 0 Å². The van der Waals surface area contributed by atoms with Crippen LogP contribution in [0.5, 0.6) is 0 Å². The minimum atomic E-state index is -0.216. The number of nitrogen functional groups attached to an aromatic ring is 2. The van der Waals surface area contributed by atoms with Gasteiger partial charge in [-0.25, -0.2) is 15.0 Å². The van der Waals surface area contributed by atoms with Crippen LogP contribution in [0, 0.1) is 0 Å². The van der Waals surface area contributed by atoms with E-state index in [-0.39, 0.29) is 23.3 Å². The van der Waals surface area contributed by atoms with Crippen LogP contribution in [0.2, 0.25) is 5.02 Å². The standard InChI is InChI=1S/C15H13ClN6OS2/c16-9-3-1-8(2-4-9)10-6-24-14(19-10)22-13(23)7-25-15-20-11(17)5-12(18)21-15/h1-6H,7H2,(H,19,22,23)(H4,17,18,20,21). The van der Waals surface area contributed by atoms with Crippen molar-refractivity contribution in [2.45, 2.75) is 5.16 Å². The van der Waals surface area contributed by atoms with E-state index in [0.717, 1.165) is 23.0 Å². The smallest absolute Gasteiger partial charge is 0.236 e. The maximum absolute atomic E-state index is 12.0. The molecule has 0 fully saturated rings. The van der Waals surface area contributed by atoms with Gasteiger partial charge in [0, 0.05) is 22.0 Å². The number of carbonyl (C=O) groups excluding carboxylic acids is 1. The van der Waals surface area contributed by atoms with E-state index in [4.69, 9.17) is 23.1 Å². The molecule has 0 atom stereocenters. The second-order valence-electron chi connectivity index (χ2n) is 4.88. The Hall–Kier alpha value is -2.36. The molecule has 2 heterocycles. The van der Waals surface area contributed by atoms with Gasteiger partial charge in [-0.1, -0.05) is 35.5 Å². The summed E-state index contributed by atoms with van der Waals surface area (Å²) in [4.78, 5) is 24.5. The molecule has 10 heteroatoms. The van der Waals surface area contributed by atoms with E-state index in [1.165, 1.54) is 17.4 Å². The summed E-state index contributed by atoms with van der Waals surface area (Å²) in [6.07, 6.45) is 0. The maximum Gasteiger partial charge on any atom is 0.236 e. The predicted octanol–water partition coefficient (Wildman–Crippen LogP) is 3.15. The molecule has 128 valence electrons. The molecular weight excluding hydrogens is 380 g/mol. The Kier molecular flexibility index (Phi) is 5.37. The molecule has 0 bridgehead atoms. The fourth-order valence-electron chi connectivity index (χ4n) is 1.90. The number of thioether (sulfide) groups is 1. The lowest BCUT2D eigenvalue weighted by atomic mass is 10.2. The molecule has 1 amide bonds. The van der Waals surface area contributed by atoms with Crippen LogP contribution in [0.3, 0.4) is 0 Å². The maximum atomic E-state index is 12.0. The number of anilines is 3. The largest absolute Gasteiger partial charge is 0.383 e. The highest BCUT2D eigenvalue weighted by atomic mass is 35.5. The van der Waals surface area contributed by atoms with Crippen LogP contribution in [-0.2, 0) is 4.79 Å². The molecule has 1 aromatic carbocycles. The Morgan fingerprint density at radius 3 is 2.52 bits per heavy atom. The summed E-state index contributed by atoms with van der Waals surface area (Å²) in [7, 11) is 0. The van der Waals surface area contributed by atoms with Crippen molar-refractivity contribution in [2.24, 2.45) is 0 Å². The first-order valence-electron chi connectivity index (χ1n) is 7.04. The second-order valence-corrected chi connectivity index (χ2v) is 7.12. The number of aromatic nitrogens is 3. The van der Waals surface area contributed by atoms with Crippen molar-refractivity contribution in [3.05, 3.63) is 40.7 Å². The van der Waals surface area contributed by atoms with Crippen molar-refractivity contribution in [1.82, 2.24) is 15.0 Å². The molecule has 0 aliphatic rings. The van der Waals surface area contributed by atoms with Crippen molar-refractivity contribution < 1.29 is 4.79 Å².